The number of anilines is 1. The van der Waals surface area contributed by atoms with E-state index < -0.39 is 10.0 Å². The van der Waals surface area contributed by atoms with E-state index in [1.165, 1.54) is 4.31 Å². The fourth-order valence-corrected chi connectivity index (χ4v) is 5.92. The summed E-state index contributed by atoms with van der Waals surface area (Å²) >= 11 is 0. The fraction of sp³-hybridized carbons (Fsp3) is 0.429. The average Bonchev–Trinajstić information content (AvgIpc) is 2.69. The Morgan fingerprint density at radius 1 is 1.10 bits per heavy atom. The van der Waals surface area contributed by atoms with Crippen molar-refractivity contribution in [2.75, 3.05) is 18.4 Å². The minimum absolute atomic E-state index is 0.0192. The van der Waals surface area contributed by atoms with Crippen molar-refractivity contribution in [1.29, 1.82) is 0 Å². The number of hydrogen-bond acceptors (Lipinski definition) is 4. The van der Waals surface area contributed by atoms with Gasteiger partial charge in [-0.25, -0.2) is 8.42 Å². The molecule has 1 aromatic carbocycles. The summed E-state index contributed by atoms with van der Waals surface area (Å²) in [4.78, 5) is 24.1. The molecule has 3 heterocycles. The van der Waals surface area contributed by atoms with Gasteiger partial charge in [0.05, 0.1) is 4.90 Å². The van der Waals surface area contributed by atoms with Crippen molar-refractivity contribution in [1.82, 2.24) is 8.87 Å². The summed E-state index contributed by atoms with van der Waals surface area (Å²) < 4.78 is 29.7. The Bertz CT molecular complexity index is 1080. The van der Waals surface area contributed by atoms with Gasteiger partial charge in [0, 0.05) is 49.4 Å². The summed E-state index contributed by atoms with van der Waals surface area (Å²) in [6.07, 6.45) is 2.09. The topological polar surface area (TPSA) is 88.5 Å². The van der Waals surface area contributed by atoms with Crippen LogP contribution >= 0.6 is 0 Å². The van der Waals surface area contributed by atoms with Crippen LogP contribution in [0.2, 0.25) is 0 Å². The molecule has 0 unspecified atom stereocenters. The lowest BCUT2D eigenvalue weighted by atomic mass is 9.84. The second-order valence-corrected chi connectivity index (χ2v) is 9.78. The van der Waals surface area contributed by atoms with Gasteiger partial charge in [-0.3, -0.25) is 9.59 Å². The van der Waals surface area contributed by atoms with Crippen LogP contribution < -0.4 is 10.9 Å². The molecule has 2 atom stereocenters. The lowest BCUT2D eigenvalue weighted by Crippen LogP contribution is -2.48. The third-order valence-corrected chi connectivity index (χ3v) is 7.55. The maximum atomic E-state index is 13.2. The van der Waals surface area contributed by atoms with Crippen LogP contribution in [0.4, 0.5) is 5.69 Å². The van der Waals surface area contributed by atoms with E-state index in [1.54, 1.807) is 41.0 Å². The van der Waals surface area contributed by atoms with Gasteiger partial charge in [-0.05, 0) is 49.1 Å². The maximum Gasteiger partial charge on any atom is 0.250 e. The molecule has 0 aliphatic carbocycles. The predicted molar refractivity (Wildman–Crippen MR) is 110 cm³/mol. The van der Waals surface area contributed by atoms with Crippen molar-refractivity contribution in [2.45, 2.75) is 43.5 Å². The number of nitrogens with one attached hydrogen (secondary N) is 1. The average molecular weight is 416 g/mol. The zero-order valence-electron chi connectivity index (χ0n) is 16.4. The number of fused-ring (bicyclic) bond motifs is 4. The number of sulfonamides is 1. The monoisotopic (exact) mass is 415 g/mol. The third-order valence-electron chi connectivity index (χ3n) is 5.70. The zero-order chi connectivity index (χ0) is 20.6. The number of carbonyl (C=O) groups is 1. The highest BCUT2D eigenvalue weighted by Crippen LogP contribution is 2.37. The number of carbonyl (C=O) groups excluding carboxylic acids is 1. The number of aromatic nitrogens is 1. The number of benzene rings is 1. The molecule has 1 fully saturated rings. The van der Waals surface area contributed by atoms with Gasteiger partial charge in [-0.2, -0.15) is 4.31 Å². The number of rotatable bonds is 5. The molecule has 2 aromatic rings. The molecule has 2 aliphatic rings. The fourth-order valence-electron chi connectivity index (χ4n) is 4.36. The summed E-state index contributed by atoms with van der Waals surface area (Å²) in [5.74, 6) is 0.0726. The highest BCUT2D eigenvalue weighted by atomic mass is 32.2. The van der Waals surface area contributed by atoms with Crippen molar-refractivity contribution in [2.24, 2.45) is 5.92 Å². The first-order valence-electron chi connectivity index (χ1n) is 9.98. The van der Waals surface area contributed by atoms with Gasteiger partial charge in [-0.15, -0.1) is 0 Å². The van der Waals surface area contributed by atoms with Gasteiger partial charge >= 0.3 is 0 Å². The molecule has 0 saturated carbocycles. The van der Waals surface area contributed by atoms with Crippen LogP contribution in [0.1, 0.15) is 37.8 Å². The normalized spacial score (nSPS) is 21.4. The first kappa shape index (κ1) is 19.8. The van der Waals surface area contributed by atoms with Gasteiger partial charge < -0.3 is 9.88 Å². The van der Waals surface area contributed by atoms with Crippen molar-refractivity contribution in [3.63, 3.8) is 0 Å². The number of nitrogens with zero attached hydrogens (tertiary/aromatic N) is 2. The van der Waals surface area contributed by atoms with Crippen molar-refractivity contribution >= 4 is 21.6 Å². The van der Waals surface area contributed by atoms with Crippen LogP contribution in [0.25, 0.3) is 0 Å². The molecule has 8 heteroatoms. The van der Waals surface area contributed by atoms with E-state index in [4.69, 9.17) is 0 Å². The number of amides is 1. The highest BCUT2D eigenvalue weighted by molar-refractivity contribution is 7.89. The largest absolute Gasteiger partial charge is 0.326 e. The Hall–Kier alpha value is -2.45. The minimum Gasteiger partial charge on any atom is -0.326 e. The van der Waals surface area contributed by atoms with Gasteiger partial charge in [0.1, 0.15) is 0 Å². The Kier molecular flexibility index (Phi) is 5.31. The van der Waals surface area contributed by atoms with E-state index in [9.17, 15) is 18.0 Å². The predicted octanol–water partition coefficient (Wildman–Crippen LogP) is 2.39. The molecule has 0 radical (unpaired) electrons. The Balaban J connectivity index is 1.54. The van der Waals surface area contributed by atoms with Crippen LogP contribution in [0.15, 0.2) is 52.2 Å². The third kappa shape index (κ3) is 3.86. The van der Waals surface area contributed by atoms with Crippen LogP contribution in [0, 0.1) is 5.92 Å². The lowest BCUT2D eigenvalue weighted by molar-refractivity contribution is -0.116. The lowest BCUT2D eigenvalue weighted by Gasteiger charge is -2.42. The molecule has 29 heavy (non-hydrogen) atoms. The molecular formula is C21H25N3O4S. The first-order chi connectivity index (χ1) is 13.9. The molecule has 154 valence electrons. The second-order valence-electron chi connectivity index (χ2n) is 7.84. The SMILES string of the molecule is CCCC(=O)Nc1ccc(S(=O)(=O)N2C[C@H]3C[C@@H](C2)c2cccc(=O)n2C3)cc1. The van der Waals surface area contributed by atoms with Crippen LogP contribution in [0.3, 0.4) is 0 Å². The van der Waals surface area contributed by atoms with E-state index in [2.05, 4.69) is 5.32 Å². The first-order valence-corrected chi connectivity index (χ1v) is 11.4. The molecule has 7 nitrogen and oxygen atoms in total. The summed E-state index contributed by atoms with van der Waals surface area (Å²) in [7, 11) is -3.64. The van der Waals surface area contributed by atoms with E-state index in [0.29, 0.717) is 31.7 Å². The number of pyridine rings is 1. The Morgan fingerprint density at radius 3 is 2.59 bits per heavy atom. The molecule has 2 aliphatic heterocycles. The minimum atomic E-state index is -3.64. The molecule has 4 rings (SSSR count). The van der Waals surface area contributed by atoms with E-state index in [-0.39, 0.29) is 28.2 Å². The molecule has 1 N–H and O–H groups in total. The van der Waals surface area contributed by atoms with Crippen LogP contribution in [0.5, 0.6) is 0 Å². The van der Waals surface area contributed by atoms with Gasteiger partial charge in [0.2, 0.25) is 15.9 Å². The van der Waals surface area contributed by atoms with Crippen LogP contribution in [-0.2, 0) is 21.4 Å². The van der Waals surface area contributed by atoms with Crippen LogP contribution in [-0.4, -0.2) is 36.3 Å². The molecular weight excluding hydrogens is 390 g/mol. The van der Waals surface area contributed by atoms with E-state index in [1.807, 2.05) is 13.0 Å². The highest BCUT2D eigenvalue weighted by Gasteiger charge is 2.39. The second kappa shape index (κ2) is 7.76. The zero-order valence-corrected chi connectivity index (χ0v) is 17.2. The quantitative estimate of drug-likeness (QED) is 0.812. The van der Waals surface area contributed by atoms with Crippen molar-refractivity contribution in [3.05, 3.63) is 58.5 Å². The van der Waals surface area contributed by atoms with Crippen molar-refractivity contribution < 1.29 is 13.2 Å². The molecule has 1 saturated heterocycles. The molecule has 2 bridgehead atoms. The summed E-state index contributed by atoms with van der Waals surface area (Å²) in [6, 6.07) is 11.6. The van der Waals surface area contributed by atoms with Gasteiger partial charge in [0.25, 0.3) is 5.56 Å². The van der Waals surface area contributed by atoms with Crippen molar-refractivity contribution in [3.8, 4) is 0 Å². The maximum absolute atomic E-state index is 13.2. The van der Waals surface area contributed by atoms with Gasteiger partial charge in [-0.1, -0.05) is 13.0 Å². The molecule has 1 aromatic heterocycles. The Morgan fingerprint density at radius 2 is 1.86 bits per heavy atom. The summed E-state index contributed by atoms with van der Waals surface area (Å²) in [5, 5.41) is 2.77. The summed E-state index contributed by atoms with van der Waals surface area (Å²) in [6.45, 7) is 3.27. The van der Waals surface area contributed by atoms with E-state index >= 15 is 0 Å². The Labute approximate surface area is 170 Å². The summed E-state index contributed by atoms with van der Waals surface area (Å²) in [5.41, 5.74) is 1.49. The number of piperidine rings is 1. The smallest absolute Gasteiger partial charge is 0.250 e. The molecule has 0 spiro atoms. The van der Waals surface area contributed by atoms with Gasteiger partial charge in [0.15, 0.2) is 0 Å². The number of hydrogen-bond donors (Lipinski definition) is 1. The molecule has 1 amide bonds. The standard InChI is InChI=1S/C21H25N3O4S/c1-2-4-20(25)22-17-7-9-18(10-8-17)29(27,28)23-12-15-11-16(14-23)19-5-3-6-21(26)24(19)13-15/h3,5-10,15-16H,2,4,11-14H2,1H3,(H,22,25)/t15-,16+/m1/s1. The van der Waals surface area contributed by atoms with E-state index in [0.717, 1.165) is 18.5 Å².